The number of pyridine rings is 2. The van der Waals surface area contributed by atoms with E-state index in [-0.39, 0.29) is 27.7 Å². The molecule has 0 bridgehead atoms. The minimum Gasteiger partial charge on any atom is -0.382 e. The minimum atomic E-state index is -0.171. The van der Waals surface area contributed by atoms with E-state index in [1.165, 1.54) is 6.20 Å². The molecule has 1 aliphatic rings. The van der Waals surface area contributed by atoms with Gasteiger partial charge in [-0.05, 0) is 74.3 Å². The first kappa shape index (κ1) is 23.2. The molecule has 0 atom stereocenters. The number of carbonyl (C=O) groups is 2. The van der Waals surface area contributed by atoms with Gasteiger partial charge in [-0.15, -0.1) is 0 Å². The van der Waals surface area contributed by atoms with Gasteiger partial charge in [0.1, 0.15) is 17.5 Å². The van der Waals surface area contributed by atoms with Crippen molar-refractivity contribution in [2.45, 2.75) is 51.6 Å². The van der Waals surface area contributed by atoms with Gasteiger partial charge in [-0.2, -0.15) is 5.26 Å². The molecule has 0 aliphatic heterocycles. The molecule has 0 unspecified atom stereocenters. The molecule has 8 nitrogen and oxygen atoms in total. The van der Waals surface area contributed by atoms with Crippen LogP contribution in [0.2, 0.25) is 0 Å². The van der Waals surface area contributed by atoms with Gasteiger partial charge in [-0.3, -0.25) is 14.2 Å². The number of hydrogen-bond donors (Lipinski definition) is 2. The molecule has 0 radical (unpaired) electrons. The summed E-state index contributed by atoms with van der Waals surface area (Å²) >= 11 is 1.87. The van der Waals surface area contributed by atoms with Gasteiger partial charge in [0.2, 0.25) is 0 Å². The zero-order valence-corrected chi connectivity index (χ0v) is 20.7. The summed E-state index contributed by atoms with van der Waals surface area (Å²) in [6, 6.07) is 7.80. The standard InChI is InChI=1S/C24H25IN6O2/c1-14(2)29-20-10-21(31-8-7-17-9-15(11-26)12-28-23(17)31)27-13-19(20)24(33)30-18-5-3-16(4-6-18)22(25)32/h7-10,12-14,16,18H,3-6H2,1-2H3,(H,27,29)(H,30,33). The van der Waals surface area contributed by atoms with Crippen molar-refractivity contribution in [2.24, 2.45) is 5.92 Å². The molecule has 33 heavy (non-hydrogen) atoms. The summed E-state index contributed by atoms with van der Waals surface area (Å²) in [7, 11) is 0. The lowest BCUT2D eigenvalue weighted by atomic mass is 9.87. The maximum atomic E-state index is 13.1. The van der Waals surface area contributed by atoms with Gasteiger partial charge in [0, 0.05) is 48.0 Å². The van der Waals surface area contributed by atoms with Crippen LogP contribution in [0, 0.1) is 17.2 Å². The second-order valence-electron chi connectivity index (χ2n) is 8.65. The van der Waals surface area contributed by atoms with Crippen LogP contribution in [0.3, 0.4) is 0 Å². The zero-order valence-electron chi connectivity index (χ0n) is 18.5. The van der Waals surface area contributed by atoms with Crippen LogP contribution in [0.5, 0.6) is 0 Å². The number of halogens is 1. The number of fused-ring (bicyclic) bond motifs is 1. The first-order chi connectivity index (χ1) is 15.9. The number of nitrogens with one attached hydrogen (secondary N) is 2. The molecule has 3 aromatic heterocycles. The second kappa shape index (κ2) is 9.87. The van der Waals surface area contributed by atoms with Gasteiger partial charge < -0.3 is 10.6 Å². The van der Waals surface area contributed by atoms with E-state index in [0.29, 0.717) is 28.3 Å². The average Bonchev–Trinajstić information content (AvgIpc) is 3.22. The van der Waals surface area contributed by atoms with E-state index in [4.69, 9.17) is 5.26 Å². The lowest BCUT2D eigenvalue weighted by molar-refractivity contribution is -0.113. The van der Waals surface area contributed by atoms with Gasteiger partial charge in [0.25, 0.3) is 5.91 Å². The molecule has 3 heterocycles. The Morgan fingerprint density at radius 3 is 2.61 bits per heavy atom. The quantitative estimate of drug-likeness (QED) is 0.345. The van der Waals surface area contributed by atoms with Crippen molar-refractivity contribution >= 4 is 49.0 Å². The van der Waals surface area contributed by atoms with Crippen molar-refractivity contribution in [3.63, 3.8) is 0 Å². The van der Waals surface area contributed by atoms with Crippen molar-refractivity contribution in [3.8, 4) is 11.9 Å². The largest absolute Gasteiger partial charge is 0.382 e. The topological polar surface area (TPSA) is 113 Å². The van der Waals surface area contributed by atoms with E-state index >= 15 is 0 Å². The fourth-order valence-corrected chi connectivity index (χ4v) is 4.81. The predicted octanol–water partition coefficient (Wildman–Crippen LogP) is 4.36. The number of carbonyl (C=O) groups excluding carboxylic acids is 2. The van der Waals surface area contributed by atoms with Crippen LogP contribution in [0.15, 0.2) is 36.8 Å². The normalized spacial score (nSPS) is 18.2. The minimum absolute atomic E-state index is 0.0583. The molecular weight excluding hydrogens is 531 g/mol. The molecule has 170 valence electrons. The second-order valence-corrected chi connectivity index (χ2v) is 9.71. The highest BCUT2D eigenvalue weighted by Crippen LogP contribution is 2.28. The predicted molar refractivity (Wildman–Crippen MR) is 135 cm³/mol. The molecular formula is C24H25IN6O2. The Balaban J connectivity index is 1.59. The van der Waals surface area contributed by atoms with Crippen LogP contribution in [0.1, 0.15) is 55.5 Å². The highest BCUT2D eigenvalue weighted by molar-refractivity contribution is 14.1. The van der Waals surface area contributed by atoms with E-state index in [0.717, 1.165) is 31.1 Å². The zero-order chi connectivity index (χ0) is 23.5. The number of hydrogen-bond acceptors (Lipinski definition) is 6. The number of rotatable bonds is 6. The molecule has 2 N–H and O–H groups in total. The third kappa shape index (κ3) is 5.16. The summed E-state index contributed by atoms with van der Waals surface area (Å²) in [4.78, 5) is 33.7. The van der Waals surface area contributed by atoms with Crippen molar-refractivity contribution < 1.29 is 9.59 Å². The smallest absolute Gasteiger partial charge is 0.255 e. The van der Waals surface area contributed by atoms with E-state index in [1.807, 2.05) is 59.3 Å². The number of nitrogens with zero attached hydrogens (tertiary/aromatic N) is 4. The molecule has 1 amide bonds. The monoisotopic (exact) mass is 556 g/mol. The molecule has 4 rings (SSSR count). The third-order valence-electron chi connectivity index (χ3n) is 5.86. The van der Waals surface area contributed by atoms with Gasteiger partial charge in [-0.25, -0.2) is 9.97 Å². The number of amides is 1. The maximum Gasteiger partial charge on any atom is 0.255 e. The first-order valence-electron chi connectivity index (χ1n) is 11.0. The Labute approximate surface area is 205 Å². The Hall–Kier alpha value is -3.00. The molecule has 1 fully saturated rings. The highest BCUT2D eigenvalue weighted by atomic mass is 127. The summed E-state index contributed by atoms with van der Waals surface area (Å²) in [5.74, 6) is 0.561. The number of anilines is 1. The molecule has 3 aromatic rings. The van der Waals surface area contributed by atoms with Crippen LogP contribution < -0.4 is 10.6 Å². The van der Waals surface area contributed by atoms with Crippen LogP contribution in [0.4, 0.5) is 5.69 Å². The van der Waals surface area contributed by atoms with Crippen molar-refractivity contribution in [3.05, 3.63) is 47.9 Å². The molecule has 0 saturated heterocycles. The fourth-order valence-electron chi connectivity index (χ4n) is 4.19. The summed E-state index contributed by atoms with van der Waals surface area (Å²) in [5, 5.41) is 16.4. The number of aromatic nitrogens is 3. The third-order valence-corrected chi connectivity index (χ3v) is 6.74. The number of nitriles is 1. The summed E-state index contributed by atoms with van der Waals surface area (Å²) in [6.45, 7) is 4.03. The van der Waals surface area contributed by atoms with Crippen LogP contribution >= 0.6 is 22.6 Å². The van der Waals surface area contributed by atoms with Crippen LogP contribution in [-0.2, 0) is 4.79 Å². The van der Waals surface area contributed by atoms with Crippen LogP contribution in [-0.4, -0.2) is 36.3 Å². The Morgan fingerprint density at radius 1 is 1.18 bits per heavy atom. The summed E-state index contributed by atoms with van der Waals surface area (Å²) < 4.78 is 2.04. The molecule has 0 spiro atoms. The van der Waals surface area contributed by atoms with Gasteiger partial charge in [-0.1, -0.05) is 0 Å². The lowest BCUT2D eigenvalue weighted by Crippen LogP contribution is -2.38. The molecule has 9 heteroatoms. The van der Waals surface area contributed by atoms with E-state index in [9.17, 15) is 9.59 Å². The van der Waals surface area contributed by atoms with Crippen molar-refractivity contribution in [1.82, 2.24) is 19.9 Å². The van der Waals surface area contributed by atoms with E-state index < -0.39 is 0 Å². The van der Waals surface area contributed by atoms with Gasteiger partial charge >= 0.3 is 0 Å². The Kier molecular flexibility index (Phi) is 6.93. The molecule has 1 saturated carbocycles. The maximum absolute atomic E-state index is 13.1. The fraction of sp³-hybridized carbons (Fsp3) is 0.375. The summed E-state index contributed by atoms with van der Waals surface area (Å²) in [6.07, 6.45) is 8.20. The van der Waals surface area contributed by atoms with Crippen molar-refractivity contribution in [2.75, 3.05) is 5.32 Å². The molecule has 0 aromatic carbocycles. The first-order valence-corrected chi connectivity index (χ1v) is 12.1. The van der Waals surface area contributed by atoms with Gasteiger partial charge in [0.05, 0.1) is 16.8 Å². The summed E-state index contributed by atoms with van der Waals surface area (Å²) in [5.41, 5.74) is 2.37. The molecule has 1 aliphatic carbocycles. The Morgan fingerprint density at radius 2 is 1.94 bits per heavy atom. The van der Waals surface area contributed by atoms with E-state index in [1.54, 1.807) is 12.3 Å². The van der Waals surface area contributed by atoms with Crippen molar-refractivity contribution in [1.29, 1.82) is 5.26 Å². The van der Waals surface area contributed by atoms with Gasteiger partial charge in [0.15, 0.2) is 3.79 Å². The SMILES string of the molecule is CC(C)Nc1cc(-n2ccc3cc(C#N)cnc32)ncc1C(=O)NC1CCC(C(=O)I)CC1. The average molecular weight is 556 g/mol. The van der Waals surface area contributed by atoms with E-state index in [2.05, 4.69) is 26.7 Å². The highest BCUT2D eigenvalue weighted by Gasteiger charge is 2.26. The van der Waals surface area contributed by atoms with Crippen LogP contribution in [0.25, 0.3) is 16.9 Å². The lowest BCUT2D eigenvalue weighted by Gasteiger charge is -2.27. The Bertz CT molecular complexity index is 1240.